The number of halogens is 4. The van der Waals surface area contributed by atoms with Gasteiger partial charge >= 0.3 is 6.18 Å². The summed E-state index contributed by atoms with van der Waals surface area (Å²) in [5.41, 5.74) is 4.95. The van der Waals surface area contributed by atoms with Gasteiger partial charge in [-0.2, -0.15) is 13.2 Å². The fraction of sp³-hybridized carbons (Fsp3) is 0.455. The molecule has 0 radical (unpaired) electrons. The van der Waals surface area contributed by atoms with Crippen molar-refractivity contribution in [1.29, 1.82) is 0 Å². The van der Waals surface area contributed by atoms with Gasteiger partial charge in [0.1, 0.15) is 5.75 Å². The first-order chi connectivity index (χ1) is 7.88. The van der Waals surface area contributed by atoms with Crippen LogP contribution in [0.3, 0.4) is 0 Å². The molecule has 1 atom stereocenters. The molecule has 0 unspecified atom stereocenters. The van der Waals surface area contributed by atoms with Crippen molar-refractivity contribution >= 4 is 0 Å². The third kappa shape index (κ3) is 3.59. The van der Waals surface area contributed by atoms with Crippen LogP contribution in [0.15, 0.2) is 18.2 Å². The smallest absolute Gasteiger partial charge is 0.416 e. The summed E-state index contributed by atoms with van der Waals surface area (Å²) in [5, 5.41) is 0. The molecule has 0 bridgehead atoms. The zero-order chi connectivity index (χ0) is 13.1. The summed E-state index contributed by atoms with van der Waals surface area (Å²) in [6.07, 6.45) is -4.50. The maximum atomic E-state index is 12.6. The van der Waals surface area contributed by atoms with Crippen molar-refractivity contribution in [2.45, 2.75) is 18.6 Å². The third-order valence-electron chi connectivity index (χ3n) is 2.34. The quantitative estimate of drug-likeness (QED) is 0.834. The van der Waals surface area contributed by atoms with E-state index in [9.17, 15) is 17.6 Å². The predicted octanol–water partition coefficient (Wildman–Crippen LogP) is 3.07. The number of benzene rings is 1. The highest BCUT2D eigenvalue weighted by molar-refractivity contribution is 5.37. The Morgan fingerprint density at radius 3 is 2.41 bits per heavy atom. The largest absolute Gasteiger partial charge is 0.497 e. The second kappa shape index (κ2) is 5.35. The molecule has 0 saturated heterocycles. The molecular weight excluding hydrogens is 238 g/mol. The fourth-order valence-electron chi connectivity index (χ4n) is 1.40. The van der Waals surface area contributed by atoms with Crippen molar-refractivity contribution in [1.82, 2.24) is 0 Å². The minimum absolute atomic E-state index is 0.0233. The molecule has 0 amide bonds. The number of alkyl halides is 4. The lowest BCUT2D eigenvalue weighted by Gasteiger charge is -2.15. The van der Waals surface area contributed by atoms with E-state index in [2.05, 4.69) is 0 Å². The molecule has 96 valence electrons. The minimum atomic E-state index is -4.47. The van der Waals surface area contributed by atoms with E-state index in [4.69, 9.17) is 10.5 Å². The topological polar surface area (TPSA) is 35.2 Å². The highest BCUT2D eigenvalue weighted by Gasteiger charge is 2.31. The first-order valence-corrected chi connectivity index (χ1v) is 4.96. The van der Waals surface area contributed by atoms with Gasteiger partial charge in [0.05, 0.1) is 19.3 Å². The molecule has 6 heteroatoms. The van der Waals surface area contributed by atoms with E-state index in [1.54, 1.807) is 0 Å². The summed E-state index contributed by atoms with van der Waals surface area (Å²) in [7, 11) is 1.26. The average molecular weight is 251 g/mol. The van der Waals surface area contributed by atoms with Gasteiger partial charge in [0.2, 0.25) is 0 Å². The van der Waals surface area contributed by atoms with E-state index in [1.807, 2.05) is 0 Å². The molecule has 2 nitrogen and oxygen atoms in total. The molecule has 2 N–H and O–H groups in total. The predicted molar refractivity (Wildman–Crippen MR) is 55.5 cm³/mol. The van der Waals surface area contributed by atoms with Crippen molar-refractivity contribution in [3.8, 4) is 5.75 Å². The van der Waals surface area contributed by atoms with Crippen LogP contribution in [0.5, 0.6) is 5.75 Å². The SMILES string of the molecule is COc1cc([C@@H](N)CCF)cc(C(F)(F)F)c1. The number of rotatable bonds is 4. The van der Waals surface area contributed by atoms with Crippen LogP contribution in [0.1, 0.15) is 23.6 Å². The van der Waals surface area contributed by atoms with Crippen LogP contribution in [-0.4, -0.2) is 13.8 Å². The fourth-order valence-corrected chi connectivity index (χ4v) is 1.40. The van der Waals surface area contributed by atoms with Crippen LogP contribution < -0.4 is 10.5 Å². The van der Waals surface area contributed by atoms with Gasteiger partial charge in [0.15, 0.2) is 0 Å². The van der Waals surface area contributed by atoms with E-state index in [0.717, 1.165) is 12.1 Å². The summed E-state index contributed by atoms with van der Waals surface area (Å²) in [6.45, 7) is -0.681. The molecule has 0 heterocycles. The summed E-state index contributed by atoms with van der Waals surface area (Å²) in [5.74, 6) is 0.0594. The van der Waals surface area contributed by atoms with E-state index in [1.165, 1.54) is 13.2 Å². The maximum Gasteiger partial charge on any atom is 0.416 e. The van der Waals surface area contributed by atoms with Gasteiger partial charge < -0.3 is 10.5 Å². The molecule has 0 aromatic heterocycles. The number of nitrogens with two attached hydrogens (primary N) is 1. The van der Waals surface area contributed by atoms with Gasteiger partial charge in [-0.1, -0.05) is 0 Å². The maximum absolute atomic E-state index is 12.6. The van der Waals surface area contributed by atoms with Crippen molar-refractivity contribution < 1.29 is 22.3 Å². The van der Waals surface area contributed by atoms with Gasteiger partial charge in [-0.05, 0) is 30.2 Å². The monoisotopic (exact) mass is 251 g/mol. The lowest BCUT2D eigenvalue weighted by Crippen LogP contribution is -2.13. The molecule has 1 aromatic carbocycles. The first kappa shape index (κ1) is 13.8. The Bertz CT molecular complexity index is 378. The van der Waals surface area contributed by atoms with Crippen molar-refractivity contribution in [3.05, 3.63) is 29.3 Å². The summed E-state index contributed by atoms with van der Waals surface area (Å²) in [6, 6.07) is 2.42. The molecule has 17 heavy (non-hydrogen) atoms. The van der Waals surface area contributed by atoms with Gasteiger partial charge in [0.25, 0.3) is 0 Å². The van der Waals surface area contributed by atoms with E-state index >= 15 is 0 Å². The molecule has 0 spiro atoms. The van der Waals surface area contributed by atoms with Crippen LogP contribution in [0, 0.1) is 0 Å². The molecule has 0 aliphatic heterocycles. The molecule has 0 aliphatic rings. The first-order valence-electron chi connectivity index (χ1n) is 4.96. The summed E-state index contributed by atoms with van der Waals surface area (Å²) < 4.78 is 54.6. The standard InChI is InChI=1S/C11H13F4NO/c1-17-9-5-7(10(16)2-3-12)4-8(6-9)11(13,14)15/h4-6,10H,2-3,16H2,1H3/t10-/m0/s1. The lowest BCUT2D eigenvalue weighted by molar-refractivity contribution is -0.137. The number of ether oxygens (including phenoxy) is 1. The number of hydrogen-bond donors (Lipinski definition) is 1. The highest BCUT2D eigenvalue weighted by Crippen LogP contribution is 2.34. The van der Waals surface area contributed by atoms with E-state index < -0.39 is 24.5 Å². The van der Waals surface area contributed by atoms with E-state index in [0.29, 0.717) is 0 Å². The van der Waals surface area contributed by atoms with Crippen molar-refractivity contribution in [3.63, 3.8) is 0 Å². The second-order valence-corrected chi connectivity index (χ2v) is 3.58. The van der Waals surface area contributed by atoms with Crippen LogP contribution in [0.4, 0.5) is 17.6 Å². The number of hydrogen-bond acceptors (Lipinski definition) is 2. The van der Waals surface area contributed by atoms with Gasteiger partial charge in [-0.25, -0.2) is 0 Å². The van der Waals surface area contributed by atoms with Crippen molar-refractivity contribution in [2.24, 2.45) is 5.73 Å². The Kier molecular flexibility index (Phi) is 4.34. The minimum Gasteiger partial charge on any atom is -0.497 e. The summed E-state index contributed by atoms with van der Waals surface area (Å²) in [4.78, 5) is 0. The molecule has 0 saturated carbocycles. The van der Waals surface area contributed by atoms with Gasteiger partial charge in [-0.3, -0.25) is 4.39 Å². The van der Waals surface area contributed by atoms with Crippen LogP contribution in [0.25, 0.3) is 0 Å². The lowest BCUT2D eigenvalue weighted by atomic mass is 10.0. The molecule has 0 fully saturated rings. The van der Waals surface area contributed by atoms with Crippen LogP contribution >= 0.6 is 0 Å². The average Bonchev–Trinajstić information content (AvgIpc) is 2.27. The molecule has 1 rings (SSSR count). The number of methoxy groups -OCH3 is 1. The zero-order valence-electron chi connectivity index (χ0n) is 9.22. The Morgan fingerprint density at radius 1 is 1.29 bits per heavy atom. The van der Waals surface area contributed by atoms with Gasteiger partial charge in [-0.15, -0.1) is 0 Å². The van der Waals surface area contributed by atoms with Crippen molar-refractivity contribution in [2.75, 3.05) is 13.8 Å². The van der Waals surface area contributed by atoms with E-state index in [-0.39, 0.29) is 17.7 Å². The normalized spacial score (nSPS) is 13.5. The Morgan fingerprint density at radius 2 is 1.94 bits per heavy atom. The Labute approximate surface area is 96.4 Å². The van der Waals surface area contributed by atoms with Crippen LogP contribution in [0.2, 0.25) is 0 Å². The summed E-state index contributed by atoms with van der Waals surface area (Å²) >= 11 is 0. The Balaban J connectivity index is 3.14. The zero-order valence-corrected chi connectivity index (χ0v) is 9.22. The van der Waals surface area contributed by atoms with Gasteiger partial charge in [0, 0.05) is 6.04 Å². The molecule has 0 aliphatic carbocycles. The highest BCUT2D eigenvalue weighted by atomic mass is 19.4. The Hall–Kier alpha value is -1.30. The molecular formula is C11H13F4NO. The van der Waals surface area contributed by atoms with Crippen LogP contribution in [-0.2, 0) is 6.18 Å². The third-order valence-corrected chi connectivity index (χ3v) is 2.34. The second-order valence-electron chi connectivity index (χ2n) is 3.58. The molecule has 1 aromatic rings.